The molecule has 1 amide bonds. The molecule has 1 N–H and O–H groups in total. The van der Waals surface area contributed by atoms with Crippen LogP contribution in [0, 0.1) is 5.41 Å². The number of benzene rings is 1. The second-order valence-electron chi connectivity index (χ2n) is 8.34. The number of hydrogen-bond acceptors (Lipinski definition) is 2. The SMILES string of the molecule is CCN(CC)C(=O)CCCCC1CC2(CCNCC2)Cc2ccccc21. The summed E-state index contributed by atoms with van der Waals surface area (Å²) in [6.07, 6.45) is 9.39. The van der Waals surface area contributed by atoms with Gasteiger partial charge in [0.15, 0.2) is 0 Å². The van der Waals surface area contributed by atoms with Gasteiger partial charge in [0, 0.05) is 19.5 Å². The van der Waals surface area contributed by atoms with Gasteiger partial charge >= 0.3 is 0 Å². The Kier molecular flexibility index (Phi) is 6.74. The van der Waals surface area contributed by atoms with Gasteiger partial charge < -0.3 is 10.2 Å². The zero-order valence-electron chi connectivity index (χ0n) is 16.7. The largest absolute Gasteiger partial charge is 0.343 e. The molecule has 0 aromatic heterocycles. The van der Waals surface area contributed by atoms with Crippen molar-refractivity contribution < 1.29 is 4.79 Å². The Morgan fingerprint density at radius 3 is 2.62 bits per heavy atom. The first-order valence-electron chi connectivity index (χ1n) is 10.7. The van der Waals surface area contributed by atoms with Crippen molar-refractivity contribution in [3.05, 3.63) is 35.4 Å². The van der Waals surface area contributed by atoms with E-state index in [0.29, 0.717) is 23.7 Å². The molecule has 0 radical (unpaired) electrons. The zero-order valence-corrected chi connectivity index (χ0v) is 16.7. The summed E-state index contributed by atoms with van der Waals surface area (Å²) in [6.45, 7) is 8.15. The molecular weight excluding hydrogens is 320 g/mol. The molecule has 3 nitrogen and oxygen atoms in total. The number of rotatable bonds is 7. The molecule has 1 aliphatic carbocycles. The molecule has 144 valence electrons. The van der Waals surface area contributed by atoms with Crippen LogP contribution in [0.15, 0.2) is 24.3 Å². The number of nitrogens with one attached hydrogen (secondary N) is 1. The van der Waals surface area contributed by atoms with E-state index < -0.39 is 0 Å². The molecule has 0 saturated carbocycles. The van der Waals surface area contributed by atoms with Crippen molar-refractivity contribution in [2.24, 2.45) is 5.41 Å². The van der Waals surface area contributed by atoms with Gasteiger partial charge in [-0.25, -0.2) is 0 Å². The van der Waals surface area contributed by atoms with Crippen LogP contribution in [0.25, 0.3) is 0 Å². The molecule has 1 spiro atoms. The van der Waals surface area contributed by atoms with Crippen LogP contribution < -0.4 is 5.32 Å². The molecule has 1 aliphatic heterocycles. The minimum atomic E-state index is 0.328. The van der Waals surface area contributed by atoms with Crippen molar-refractivity contribution in [1.82, 2.24) is 10.2 Å². The molecule has 0 bridgehead atoms. The van der Waals surface area contributed by atoms with Crippen LogP contribution in [-0.2, 0) is 11.2 Å². The Labute approximate surface area is 159 Å². The third-order valence-corrected chi connectivity index (χ3v) is 6.71. The van der Waals surface area contributed by atoms with E-state index in [2.05, 4.69) is 43.4 Å². The van der Waals surface area contributed by atoms with Crippen LogP contribution in [0.5, 0.6) is 0 Å². The van der Waals surface area contributed by atoms with E-state index in [4.69, 9.17) is 0 Å². The number of carbonyl (C=O) groups excluding carboxylic acids is 1. The molecule has 1 aromatic carbocycles. The fourth-order valence-corrected chi connectivity index (χ4v) is 5.20. The fraction of sp³-hybridized carbons (Fsp3) is 0.696. The average molecular weight is 357 g/mol. The van der Waals surface area contributed by atoms with Gasteiger partial charge in [-0.1, -0.05) is 30.7 Å². The van der Waals surface area contributed by atoms with E-state index in [0.717, 1.165) is 19.5 Å². The maximum atomic E-state index is 12.2. The van der Waals surface area contributed by atoms with E-state index in [-0.39, 0.29) is 0 Å². The summed E-state index contributed by atoms with van der Waals surface area (Å²) in [6, 6.07) is 9.12. The van der Waals surface area contributed by atoms with Crippen LogP contribution >= 0.6 is 0 Å². The third-order valence-electron chi connectivity index (χ3n) is 6.71. The number of hydrogen-bond donors (Lipinski definition) is 1. The first-order chi connectivity index (χ1) is 12.7. The van der Waals surface area contributed by atoms with Gasteiger partial charge in [-0.15, -0.1) is 0 Å². The highest BCUT2D eigenvalue weighted by Crippen LogP contribution is 2.48. The number of carbonyl (C=O) groups is 1. The predicted octanol–water partition coefficient (Wildman–Crippen LogP) is 4.52. The van der Waals surface area contributed by atoms with E-state index >= 15 is 0 Å². The van der Waals surface area contributed by atoms with Crippen molar-refractivity contribution in [1.29, 1.82) is 0 Å². The highest BCUT2D eigenvalue weighted by atomic mass is 16.2. The van der Waals surface area contributed by atoms with Crippen molar-refractivity contribution >= 4 is 5.91 Å². The summed E-state index contributed by atoms with van der Waals surface area (Å²) in [4.78, 5) is 14.2. The molecule has 3 heteroatoms. The van der Waals surface area contributed by atoms with Crippen molar-refractivity contribution in [3.8, 4) is 0 Å². The summed E-state index contributed by atoms with van der Waals surface area (Å²) < 4.78 is 0. The minimum Gasteiger partial charge on any atom is -0.343 e. The van der Waals surface area contributed by atoms with Crippen LogP contribution in [0.1, 0.15) is 75.8 Å². The third kappa shape index (κ3) is 4.49. The van der Waals surface area contributed by atoms with Gasteiger partial charge in [-0.2, -0.15) is 0 Å². The summed E-state index contributed by atoms with van der Waals surface area (Å²) in [7, 11) is 0. The highest BCUT2D eigenvalue weighted by Gasteiger charge is 2.39. The normalized spacial score (nSPS) is 21.4. The number of amides is 1. The van der Waals surface area contributed by atoms with Crippen LogP contribution in [0.3, 0.4) is 0 Å². The Morgan fingerprint density at radius 1 is 1.15 bits per heavy atom. The molecule has 1 unspecified atom stereocenters. The monoisotopic (exact) mass is 356 g/mol. The van der Waals surface area contributed by atoms with Crippen LogP contribution in [-0.4, -0.2) is 37.0 Å². The molecule has 1 heterocycles. The van der Waals surface area contributed by atoms with Crippen molar-refractivity contribution in [3.63, 3.8) is 0 Å². The van der Waals surface area contributed by atoms with E-state index in [1.807, 2.05) is 4.90 Å². The fourth-order valence-electron chi connectivity index (χ4n) is 5.20. The Bertz CT molecular complexity index is 588. The quantitative estimate of drug-likeness (QED) is 0.729. The topological polar surface area (TPSA) is 32.3 Å². The standard InChI is InChI=1S/C23H36N2O/c1-3-25(4-2)22(26)12-8-6-10-20-18-23(13-15-24-16-14-23)17-19-9-5-7-11-21(19)20/h5,7,9,11,20,24H,3-4,6,8,10,12-18H2,1-2H3. The van der Waals surface area contributed by atoms with Crippen LogP contribution in [0.2, 0.25) is 0 Å². The lowest BCUT2D eigenvalue weighted by molar-refractivity contribution is -0.130. The first-order valence-corrected chi connectivity index (χ1v) is 10.7. The number of piperidine rings is 1. The van der Waals surface area contributed by atoms with Gasteiger partial charge in [0.1, 0.15) is 0 Å². The molecular formula is C23H36N2O. The lowest BCUT2D eigenvalue weighted by Crippen LogP contribution is -2.41. The molecule has 1 saturated heterocycles. The van der Waals surface area contributed by atoms with E-state index in [1.165, 1.54) is 51.6 Å². The van der Waals surface area contributed by atoms with Gasteiger partial charge in [0.25, 0.3) is 0 Å². The highest BCUT2D eigenvalue weighted by molar-refractivity contribution is 5.76. The summed E-state index contributed by atoms with van der Waals surface area (Å²) in [5.74, 6) is 1.01. The molecule has 26 heavy (non-hydrogen) atoms. The predicted molar refractivity (Wildman–Crippen MR) is 108 cm³/mol. The molecule has 2 aliphatic rings. The smallest absolute Gasteiger partial charge is 0.222 e. The summed E-state index contributed by atoms with van der Waals surface area (Å²) >= 11 is 0. The molecule has 1 aromatic rings. The minimum absolute atomic E-state index is 0.328. The summed E-state index contributed by atoms with van der Waals surface area (Å²) in [5, 5.41) is 3.54. The Balaban J connectivity index is 1.58. The second kappa shape index (κ2) is 9.03. The lowest BCUT2D eigenvalue weighted by Gasteiger charge is -2.45. The maximum Gasteiger partial charge on any atom is 0.222 e. The Morgan fingerprint density at radius 2 is 1.88 bits per heavy atom. The second-order valence-corrected chi connectivity index (χ2v) is 8.34. The van der Waals surface area contributed by atoms with Gasteiger partial charge in [-0.3, -0.25) is 4.79 Å². The van der Waals surface area contributed by atoms with Gasteiger partial charge in [0.2, 0.25) is 5.91 Å². The van der Waals surface area contributed by atoms with Crippen LogP contribution in [0.4, 0.5) is 0 Å². The maximum absolute atomic E-state index is 12.2. The lowest BCUT2D eigenvalue weighted by atomic mass is 9.62. The van der Waals surface area contributed by atoms with E-state index in [9.17, 15) is 4.79 Å². The van der Waals surface area contributed by atoms with Crippen molar-refractivity contribution in [2.75, 3.05) is 26.2 Å². The summed E-state index contributed by atoms with van der Waals surface area (Å²) in [5.41, 5.74) is 3.69. The Hall–Kier alpha value is -1.35. The average Bonchev–Trinajstić information content (AvgIpc) is 2.66. The first kappa shape index (κ1) is 19.4. The van der Waals surface area contributed by atoms with E-state index in [1.54, 1.807) is 11.1 Å². The van der Waals surface area contributed by atoms with Gasteiger partial charge in [-0.05, 0) is 87.9 Å². The van der Waals surface area contributed by atoms with Crippen molar-refractivity contribution in [2.45, 2.75) is 71.1 Å². The molecule has 1 fully saturated rings. The number of fused-ring (bicyclic) bond motifs is 1. The molecule has 1 atom stereocenters. The van der Waals surface area contributed by atoms with Gasteiger partial charge in [0.05, 0.1) is 0 Å². The molecule has 3 rings (SSSR count). The number of unbranched alkanes of at least 4 members (excludes halogenated alkanes) is 1. The zero-order chi connectivity index (χ0) is 18.4. The number of nitrogens with zero attached hydrogens (tertiary/aromatic N) is 1.